The van der Waals surface area contributed by atoms with E-state index in [4.69, 9.17) is 0 Å². The first-order valence-electron chi connectivity index (χ1n) is 10.1. The van der Waals surface area contributed by atoms with Gasteiger partial charge in [0.25, 0.3) is 0 Å². The molecule has 5 nitrogen and oxygen atoms in total. The minimum atomic E-state index is -0.455. The van der Waals surface area contributed by atoms with Crippen LogP contribution >= 0.6 is 0 Å². The van der Waals surface area contributed by atoms with Gasteiger partial charge in [0, 0.05) is 16.8 Å². The van der Waals surface area contributed by atoms with Crippen molar-refractivity contribution in [1.29, 1.82) is 0 Å². The van der Waals surface area contributed by atoms with Crippen LogP contribution in [0.2, 0.25) is 0 Å². The Morgan fingerprint density at radius 3 is 2.27 bits per heavy atom. The highest BCUT2D eigenvalue weighted by Gasteiger charge is 2.21. The lowest BCUT2D eigenvalue weighted by Gasteiger charge is -2.24. The highest BCUT2D eigenvalue weighted by Crippen LogP contribution is 2.24. The van der Waals surface area contributed by atoms with E-state index in [0.29, 0.717) is 0 Å². The van der Waals surface area contributed by atoms with Gasteiger partial charge in [0.05, 0.1) is 12.6 Å². The zero-order valence-electron chi connectivity index (χ0n) is 18.2. The number of benzene rings is 3. The van der Waals surface area contributed by atoms with Gasteiger partial charge in [-0.05, 0) is 57.3 Å². The van der Waals surface area contributed by atoms with Crippen molar-refractivity contribution in [2.24, 2.45) is 0 Å². The Hall–Kier alpha value is -3.18. The molecule has 0 aliphatic rings. The van der Waals surface area contributed by atoms with Crippen molar-refractivity contribution in [3.63, 3.8) is 0 Å². The monoisotopic (exact) mass is 403 g/mol. The van der Waals surface area contributed by atoms with Gasteiger partial charge in [-0.3, -0.25) is 14.5 Å². The largest absolute Gasteiger partial charge is 0.324 e. The van der Waals surface area contributed by atoms with Crippen LogP contribution in [0.3, 0.4) is 0 Å². The second-order valence-corrected chi connectivity index (χ2v) is 7.93. The molecule has 30 heavy (non-hydrogen) atoms. The Morgan fingerprint density at radius 1 is 0.933 bits per heavy atom. The molecule has 0 fully saturated rings. The van der Waals surface area contributed by atoms with Gasteiger partial charge in [0.15, 0.2) is 0 Å². The maximum Gasteiger partial charge on any atom is 0.241 e. The summed E-state index contributed by atoms with van der Waals surface area (Å²) in [4.78, 5) is 27.1. The summed E-state index contributed by atoms with van der Waals surface area (Å²) in [6.07, 6.45) is 0. The first-order valence-corrected chi connectivity index (χ1v) is 10.1. The third kappa shape index (κ3) is 4.86. The van der Waals surface area contributed by atoms with Crippen molar-refractivity contribution in [2.45, 2.75) is 33.7 Å². The van der Waals surface area contributed by atoms with E-state index in [1.807, 2.05) is 63.2 Å². The molecule has 0 saturated heterocycles. The molecular formula is C25H29N3O2. The Morgan fingerprint density at radius 2 is 1.57 bits per heavy atom. The highest BCUT2D eigenvalue weighted by molar-refractivity contribution is 6.03. The van der Waals surface area contributed by atoms with E-state index >= 15 is 0 Å². The van der Waals surface area contributed by atoms with Crippen molar-refractivity contribution >= 4 is 34.0 Å². The van der Waals surface area contributed by atoms with E-state index in [1.165, 1.54) is 5.56 Å². The first-order chi connectivity index (χ1) is 14.3. The molecule has 0 aliphatic heterocycles. The van der Waals surface area contributed by atoms with E-state index in [1.54, 1.807) is 18.9 Å². The lowest BCUT2D eigenvalue weighted by molar-refractivity contribution is -0.122. The standard InChI is InChI=1S/C25H29N3O2/c1-16-13-17(2)24(18(3)14-16)27-25(30)19(4)28(5)15-23(29)26-22-12-8-10-20-9-6-7-11-21(20)22/h6-14,19H,15H2,1-5H3,(H,26,29)(H,27,30)/t19-/m1/s1. The van der Waals surface area contributed by atoms with E-state index in [0.717, 1.165) is 33.3 Å². The molecule has 3 rings (SSSR count). The van der Waals surface area contributed by atoms with Crippen molar-refractivity contribution < 1.29 is 9.59 Å². The lowest BCUT2D eigenvalue weighted by atomic mass is 10.0. The molecule has 1 atom stereocenters. The van der Waals surface area contributed by atoms with Crippen LogP contribution in [0.25, 0.3) is 10.8 Å². The van der Waals surface area contributed by atoms with Gasteiger partial charge in [-0.2, -0.15) is 0 Å². The first kappa shape index (κ1) is 21.5. The smallest absolute Gasteiger partial charge is 0.241 e. The molecule has 2 N–H and O–H groups in total. The number of carbonyl (C=O) groups excluding carboxylic acids is 2. The lowest BCUT2D eigenvalue weighted by Crippen LogP contribution is -2.43. The van der Waals surface area contributed by atoms with E-state index < -0.39 is 6.04 Å². The topological polar surface area (TPSA) is 61.4 Å². The zero-order valence-corrected chi connectivity index (χ0v) is 18.2. The Bertz CT molecular complexity index is 1060. The summed E-state index contributed by atoms with van der Waals surface area (Å²) in [5.41, 5.74) is 4.84. The molecule has 0 heterocycles. The van der Waals surface area contributed by atoms with Gasteiger partial charge >= 0.3 is 0 Å². The summed E-state index contributed by atoms with van der Waals surface area (Å²) < 4.78 is 0. The summed E-state index contributed by atoms with van der Waals surface area (Å²) >= 11 is 0. The Labute approximate surface area is 178 Å². The van der Waals surface area contributed by atoms with Gasteiger partial charge in [0.2, 0.25) is 11.8 Å². The van der Waals surface area contributed by atoms with Crippen LogP contribution in [-0.4, -0.2) is 36.3 Å². The van der Waals surface area contributed by atoms with E-state index in [9.17, 15) is 9.59 Å². The molecule has 0 aromatic heterocycles. The van der Waals surface area contributed by atoms with Gasteiger partial charge in [-0.25, -0.2) is 0 Å². The maximum atomic E-state index is 12.8. The molecule has 156 valence electrons. The molecule has 0 spiro atoms. The van der Waals surface area contributed by atoms with Gasteiger partial charge < -0.3 is 10.6 Å². The average Bonchev–Trinajstić information content (AvgIpc) is 2.70. The molecule has 0 saturated carbocycles. The van der Waals surface area contributed by atoms with Crippen molar-refractivity contribution in [3.8, 4) is 0 Å². The second kappa shape index (κ2) is 9.09. The number of aryl methyl sites for hydroxylation is 3. The van der Waals surface area contributed by atoms with Crippen LogP contribution in [0.1, 0.15) is 23.6 Å². The van der Waals surface area contributed by atoms with Gasteiger partial charge in [0.1, 0.15) is 0 Å². The van der Waals surface area contributed by atoms with Gasteiger partial charge in [-0.1, -0.05) is 54.1 Å². The number of nitrogens with zero attached hydrogens (tertiary/aromatic N) is 1. The second-order valence-electron chi connectivity index (χ2n) is 7.93. The minimum Gasteiger partial charge on any atom is -0.324 e. The van der Waals surface area contributed by atoms with Crippen LogP contribution in [0.5, 0.6) is 0 Å². The fraction of sp³-hybridized carbons (Fsp3) is 0.280. The predicted octanol–water partition coefficient (Wildman–Crippen LogP) is 4.66. The summed E-state index contributed by atoms with van der Waals surface area (Å²) in [7, 11) is 1.78. The normalized spacial score (nSPS) is 12.1. The molecule has 0 aliphatic carbocycles. The maximum absolute atomic E-state index is 12.8. The fourth-order valence-electron chi connectivity index (χ4n) is 3.69. The molecule has 3 aromatic rings. The quantitative estimate of drug-likeness (QED) is 0.629. The molecule has 2 amide bonds. The molecule has 5 heteroatoms. The summed E-state index contributed by atoms with van der Waals surface area (Å²) in [6.45, 7) is 7.93. The highest BCUT2D eigenvalue weighted by atomic mass is 16.2. The van der Waals surface area contributed by atoms with Crippen LogP contribution in [0, 0.1) is 20.8 Å². The number of hydrogen-bond acceptors (Lipinski definition) is 3. The van der Waals surface area contributed by atoms with Crippen molar-refractivity contribution in [2.75, 3.05) is 24.2 Å². The molecule has 3 aromatic carbocycles. The number of hydrogen-bond donors (Lipinski definition) is 2. The van der Waals surface area contributed by atoms with Crippen LogP contribution in [0.15, 0.2) is 54.6 Å². The Balaban J connectivity index is 1.64. The number of likely N-dealkylation sites (N-methyl/N-ethyl adjacent to an activating group) is 1. The molecule has 0 radical (unpaired) electrons. The number of rotatable bonds is 6. The van der Waals surface area contributed by atoms with E-state index in [2.05, 4.69) is 22.8 Å². The van der Waals surface area contributed by atoms with Crippen LogP contribution in [0.4, 0.5) is 11.4 Å². The van der Waals surface area contributed by atoms with E-state index in [-0.39, 0.29) is 18.4 Å². The SMILES string of the molecule is Cc1cc(C)c(NC(=O)[C@@H](C)N(C)CC(=O)Nc2cccc3ccccc23)c(C)c1. The number of carbonyl (C=O) groups is 2. The third-order valence-corrected chi connectivity index (χ3v) is 5.42. The molecular weight excluding hydrogens is 374 g/mol. The van der Waals surface area contributed by atoms with Crippen molar-refractivity contribution in [3.05, 3.63) is 71.3 Å². The average molecular weight is 404 g/mol. The Kier molecular flexibility index (Phi) is 6.53. The third-order valence-electron chi connectivity index (χ3n) is 5.42. The summed E-state index contributed by atoms with van der Waals surface area (Å²) in [6, 6.07) is 17.4. The number of nitrogens with one attached hydrogen (secondary N) is 2. The number of anilines is 2. The fourth-order valence-corrected chi connectivity index (χ4v) is 3.69. The number of amides is 2. The molecule has 0 unspecified atom stereocenters. The predicted molar refractivity (Wildman–Crippen MR) is 124 cm³/mol. The van der Waals surface area contributed by atoms with Crippen LogP contribution < -0.4 is 10.6 Å². The summed E-state index contributed by atoms with van der Waals surface area (Å²) in [5.74, 6) is -0.290. The zero-order chi connectivity index (χ0) is 21.8. The minimum absolute atomic E-state index is 0.115. The van der Waals surface area contributed by atoms with Crippen LogP contribution in [-0.2, 0) is 9.59 Å². The summed E-state index contributed by atoms with van der Waals surface area (Å²) in [5, 5.41) is 8.06. The van der Waals surface area contributed by atoms with Gasteiger partial charge in [-0.15, -0.1) is 0 Å². The molecule has 0 bridgehead atoms. The van der Waals surface area contributed by atoms with Crippen molar-refractivity contribution in [1.82, 2.24) is 4.90 Å². The number of fused-ring (bicyclic) bond motifs is 1.